The fourth-order valence-electron chi connectivity index (χ4n) is 1.78. The van der Waals surface area contributed by atoms with Gasteiger partial charge in [0.15, 0.2) is 9.84 Å². The Morgan fingerprint density at radius 2 is 2.15 bits per heavy atom. The Kier molecular flexibility index (Phi) is 3.35. The summed E-state index contributed by atoms with van der Waals surface area (Å²) in [6.07, 6.45) is 1.91. The van der Waals surface area contributed by atoms with Gasteiger partial charge in [0.1, 0.15) is 0 Å². The molecule has 1 N–H and O–H groups in total. The van der Waals surface area contributed by atoms with Crippen LogP contribution in [0.4, 0.5) is 0 Å². The number of hydrogen-bond donors (Lipinski definition) is 1. The van der Waals surface area contributed by atoms with Crippen LogP contribution in [-0.2, 0) is 9.84 Å². The van der Waals surface area contributed by atoms with Gasteiger partial charge < -0.3 is 5.32 Å². The van der Waals surface area contributed by atoms with Crippen LogP contribution in [-0.4, -0.2) is 33.0 Å². The smallest absolute Gasteiger partial charge is 0.150 e. The van der Waals surface area contributed by atoms with E-state index in [1.807, 2.05) is 0 Å². The number of rotatable bonds is 4. The van der Waals surface area contributed by atoms with E-state index in [1.54, 1.807) is 0 Å². The van der Waals surface area contributed by atoms with Gasteiger partial charge >= 0.3 is 0 Å². The molecular formula is C9H19NO2S. The zero-order valence-electron chi connectivity index (χ0n) is 8.47. The molecule has 1 atom stereocenters. The molecule has 0 radical (unpaired) electrons. The fraction of sp³-hybridized carbons (Fsp3) is 1.00. The van der Waals surface area contributed by atoms with Gasteiger partial charge in [-0.25, -0.2) is 8.42 Å². The first kappa shape index (κ1) is 11.0. The first-order valence-electron chi connectivity index (χ1n) is 4.89. The van der Waals surface area contributed by atoms with E-state index in [0.717, 1.165) is 25.9 Å². The molecule has 0 spiro atoms. The molecule has 1 rings (SSSR count). The normalized spacial score (nSPS) is 32.2. The molecule has 78 valence electrons. The second-order valence-electron chi connectivity index (χ2n) is 4.33. The van der Waals surface area contributed by atoms with Crippen LogP contribution in [0.1, 0.15) is 26.7 Å². The standard InChI is InChI=1S/C9H19NO2S/c1-3-5-10-7-9(2)4-6-13(11,12)8-9/h10H,3-8H2,1-2H3. The summed E-state index contributed by atoms with van der Waals surface area (Å²) in [6, 6.07) is 0. The third-order valence-electron chi connectivity index (χ3n) is 2.56. The molecule has 13 heavy (non-hydrogen) atoms. The molecule has 1 fully saturated rings. The number of hydrogen-bond acceptors (Lipinski definition) is 3. The van der Waals surface area contributed by atoms with Gasteiger partial charge in [-0.1, -0.05) is 13.8 Å². The second-order valence-corrected chi connectivity index (χ2v) is 6.51. The van der Waals surface area contributed by atoms with Crippen LogP contribution >= 0.6 is 0 Å². The van der Waals surface area contributed by atoms with Crippen molar-refractivity contribution in [3.63, 3.8) is 0 Å². The van der Waals surface area contributed by atoms with E-state index >= 15 is 0 Å². The van der Waals surface area contributed by atoms with E-state index < -0.39 is 9.84 Å². The van der Waals surface area contributed by atoms with Crippen LogP contribution < -0.4 is 5.32 Å². The highest BCUT2D eigenvalue weighted by Gasteiger charge is 2.37. The molecule has 0 bridgehead atoms. The summed E-state index contributed by atoms with van der Waals surface area (Å²) in [6.45, 7) is 5.98. The zero-order valence-corrected chi connectivity index (χ0v) is 9.28. The van der Waals surface area contributed by atoms with Gasteiger partial charge in [-0.05, 0) is 24.8 Å². The van der Waals surface area contributed by atoms with E-state index in [0.29, 0.717) is 11.5 Å². The van der Waals surface area contributed by atoms with Crippen molar-refractivity contribution in [2.24, 2.45) is 5.41 Å². The largest absolute Gasteiger partial charge is 0.316 e. The lowest BCUT2D eigenvalue weighted by molar-refractivity contribution is 0.351. The summed E-state index contributed by atoms with van der Waals surface area (Å²) in [7, 11) is -2.73. The third-order valence-corrected chi connectivity index (χ3v) is 4.53. The Morgan fingerprint density at radius 1 is 1.46 bits per heavy atom. The second kappa shape index (κ2) is 3.96. The van der Waals surface area contributed by atoms with E-state index in [1.165, 1.54) is 0 Å². The van der Waals surface area contributed by atoms with Crippen molar-refractivity contribution in [2.75, 3.05) is 24.6 Å². The SMILES string of the molecule is CCCNCC1(C)CCS(=O)(=O)C1. The van der Waals surface area contributed by atoms with Crippen molar-refractivity contribution in [3.05, 3.63) is 0 Å². The Labute approximate surface area is 80.8 Å². The van der Waals surface area contributed by atoms with Crippen LogP contribution in [0.5, 0.6) is 0 Å². The van der Waals surface area contributed by atoms with Crippen LogP contribution in [0.3, 0.4) is 0 Å². The van der Waals surface area contributed by atoms with Gasteiger partial charge in [-0.2, -0.15) is 0 Å². The lowest BCUT2D eigenvalue weighted by Crippen LogP contribution is -2.33. The van der Waals surface area contributed by atoms with Crippen molar-refractivity contribution >= 4 is 9.84 Å². The summed E-state index contributed by atoms with van der Waals surface area (Å²) >= 11 is 0. The molecular weight excluding hydrogens is 186 g/mol. The summed E-state index contributed by atoms with van der Waals surface area (Å²) in [4.78, 5) is 0. The third kappa shape index (κ3) is 3.27. The predicted octanol–water partition coefficient (Wildman–Crippen LogP) is 0.811. The first-order valence-corrected chi connectivity index (χ1v) is 6.71. The van der Waals surface area contributed by atoms with Crippen molar-refractivity contribution in [2.45, 2.75) is 26.7 Å². The van der Waals surface area contributed by atoms with Crippen molar-refractivity contribution in [1.82, 2.24) is 5.32 Å². The van der Waals surface area contributed by atoms with Gasteiger partial charge in [0.05, 0.1) is 11.5 Å². The lowest BCUT2D eigenvalue weighted by atomic mass is 9.90. The Hall–Kier alpha value is -0.0900. The molecule has 4 heteroatoms. The number of sulfone groups is 1. The van der Waals surface area contributed by atoms with Crippen LogP contribution in [0.15, 0.2) is 0 Å². The van der Waals surface area contributed by atoms with Gasteiger partial charge in [0.25, 0.3) is 0 Å². The quantitative estimate of drug-likeness (QED) is 0.691. The monoisotopic (exact) mass is 205 g/mol. The maximum absolute atomic E-state index is 11.3. The average Bonchev–Trinajstić information content (AvgIpc) is 2.27. The minimum absolute atomic E-state index is 0.0198. The lowest BCUT2D eigenvalue weighted by Gasteiger charge is -2.22. The highest BCUT2D eigenvalue weighted by Crippen LogP contribution is 2.30. The summed E-state index contributed by atoms with van der Waals surface area (Å²) in [5, 5.41) is 3.29. The molecule has 0 aromatic heterocycles. The Balaban J connectivity index is 2.41. The summed E-state index contributed by atoms with van der Waals surface area (Å²) in [5.41, 5.74) is -0.0198. The van der Waals surface area contributed by atoms with Crippen LogP contribution in [0.2, 0.25) is 0 Å². The Morgan fingerprint density at radius 3 is 2.62 bits per heavy atom. The molecule has 1 aliphatic heterocycles. The number of nitrogens with one attached hydrogen (secondary N) is 1. The summed E-state index contributed by atoms with van der Waals surface area (Å²) < 4.78 is 22.5. The van der Waals surface area contributed by atoms with Gasteiger partial charge in [0, 0.05) is 6.54 Å². The molecule has 3 nitrogen and oxygen atoms in total. The Bertz CT molecular complexity index is 261. The maximum atomic E-state index is 11.3. The molecule has 1 unspecified atom stereocenters. The van der Waals surface area contributed by atoms with E-state index in [2.05, 4.69) is 19.2 Å². The molecule has 1 heterocycles. The highest BCUT2D eigenvalue weighted by atomic mass is 32.2. The van der Waals surface area contributed by atoms with E-state index in [4.69, 9.17) is 0 Å². The van der Waals surface area contributed by atoms with E-state index in [-0.39, 0.29) is 5.41 Å². The topological polar surface area (TPSA) is 46.2 Å². The van der Waals surface area contributed by atoms with Gasteiger partial charge in [0.2, 0.25) is 0 Å². The highest BCUT2D eigenvalue weighted by molar-refractivity contribution is 7.91. The van der Waals surface area contributed by atoms with Crippen LogP contribution in [0, 0.1) is 5.41 Å². The molecule has 0 aliphatic carbocycles. The van der Waals surface area contributed by atoms with Crippen LogP contribution in [0.25, 0.3) is 0 Å². The van der Waals surface area contributed by atoms with Crippen molar-refractivity contribution in [3.8, 4) is 0 Å². The van der Waals surface area contributed by atoms with E-state index in [9.17, 15) is 8.42 Å². The molecule has 0 aromatic rings. The molecule has 0 saturated carbocycles. The minimum Gasteiger partial charge on any atom is -0.316 e. The van der Waals surface area contributed by atoms with Crippen molar-refractivity contribution < 1.29 is 8.42 Å². The first-order chi connectivity index (χ1) is 5.97. The molecule has 1 saturated heterocycles. The zero-order chi connectivity index (χ0) is 9.95. The van der Waals surface area contributed by atoms with Gasteiger partial charge in [-0.3, -0.25) is 0 Å². The molecule has 0 aromatic carbocycles. The fourth-order valence-corrected chi connectivity index (χ4v) is 4.04. The molecule has 1 aliphatic rings. The molecule has 0 amide bonds. The van der Waals surface area contributed by atoms with Crippen molar-refractivity contribution in [1.29, 1.82) is 0 Å². The minimum atomic E-state index is -2.73. The summed E-state index contributed by atoms with van der Waals surface area (Å²) in [5.74, 6) is 0.730. The average molecular weight is 205 g/mol. The maximum Gasteiger partial charge on any atom is 0.150 e. The predicted molar refractivity (Wildman–Crippen MR) is 54.5 cm³/mol. The van der Waals surface area contributed by atoms with Gasteiger partial charge in [-0.15, -0.1) is 0 Å².